The van der Waals surface area contributed by atoms with Gasteiger partial charge in [-0.1, -0.05) is 17.7 Å². The average molecular weight is 232 g/mol. The van der Waals surface area contributed by atoms with Crippen LogP contribution in [-0.2, 0) is 4.79 Å². The van der Waals surface area contributed by atoms with E-state index in [0.29, 0.717) is 0 Å². The summed E-state index contributed by atoms with van der Waals surface area (Å²) in [5.74, 6) is 0.374. The van der Waals surface area contributed by atoms with Crippen molar-refractivity contribution in [3.05, 3.63) is 28.8 Å². The van der Waals surface area contributed by atoms with Crippen LogP contribution in [0.2, 0.25) is 0 Å². The Morgan fingerprint density at radius 3 is 2.18 bits per heavy atom. The summed E-state index contributed by atoms with van der Waals surface area (Å²) in [7, 11) is 1.88. The summed E-state index contributed by atoms with van der Waals surface area (Å²) < 4.78 is 0. The van der Waals surface area contributed by atoms with Crippen molar-refractivity contribution in [1.82, 2.24) is 5.32 Å². The third-order valence-corrected chi connectivity index (χ3v) is 3.43. The van der Waals surface area contributed by atoms with Gasteiger partial charge in [-0.15, -0.1) is 0 Å². The van der Waals surface area contributed by atoms with Crippen LogP contribution in [0.25, 0.3) is 0 Å². The molecule has 0 unspecified atom stereocenters. The highest BCUT2D eigenvalue weighted by Gasteiger charge is 2.29. The summed E-state index contributed by atoms with van der Waals surface area (Å²) in [6, 6.07) is 4.26. The molecule has 0 saturated carbocycles. The first-order chi connectivity index (χ1) is 8.00. The molecular weight excluding hydrogens is 212 g/mol. The second-order valence-corrected chi connectivity index (χ2v) is 5.00. The topological polar surface area (TPSA) is 32.3 Å². The maximum Gasteiger partial charge on any atom is 0.232 e. The molecule has 3 heteroatoms. The SMILES string of the molecule is Cc1cc(C)c(N(C)C(=O)C2CNC2)c(C)c1. The average Bonchev–Trinajstić information content (AvgIpc) is 2.12. The minimum atomic E-state index is 0.153. The molecule has 0 aliphatic carbocycles. The predicted octanol–water partition coefficient (Wildman–Crippen LogP) is 1.79. The van der Waals surface area contributed by atoms with Crippen LogP contribution in [0, 0.1) is 26.7 Å². The van der Waals surface area contributed by atoms with Gasteiger partial charge in [-0.05, 0) is 31.9 Å². The lowest BCUT2D eigenvalue weighted by atomic mass is 9.99. The number of amides is 1. The largest absolute Gasteiger partial charge is 0.315 e. The quantitative estimate of drug-likeness (QED) is 0.843. The number of aryl methyl sites for hydroxylation is 3. The molecule has 1 aromatic rings. The van der Waals surface area contributed by atoms with E-state index in [1.54, 1.807) is 0 Å². The lowest BCUT2D eigenvalue weighted by molar-refractivity contribution is -0.123. The van der Waals surface area contributed by atoms with Crippen LogP contribution in [-0.4, -0.2) is 26.0 Å². The Bertz CT molecular complexity index is 427. The van der Waals surface area contributed by atoms with E-state index in [4.69, 9.17) is 0 Å². The second-order valence-electron chi connectivity index (χ2n) is 5.00. The van der Waals surface area contributed by atoms with Gasteiger partial charge in [-0.25, -0.2) is 0 Å². The monoisotopic (exact) mass is 232 g/mol. The molecule has 17 heavy (non-hydrogen) atoms. The van der Waals surface area contributed by atoms with Gasteiger partial charge in [0.25, 0.3) is 0 Å². The molecule has 1 heterocycles. The molecule has 0 spiro atoms. The van der Waals surface area contributed by atoms with E-state index in [0.717, 1.165) is 18.8 Å². The van der Waals surface area contributed by atoms with Crippen LogP contribution >= 0.6 is 0 Å². The highest BCUT2D eigenvalue weighted by Crippen LogP contribution is 2.26. The highest BCUT2D eigenvalue weighted by molar-refractivity contribution is 5.96. The van der Waals surface area contributed by atoms with Crippen molar-refractivity contribution in [1.29, 1.82) is 0 Å². The van der Waals surface area contributed by atoms with Crippen molar-refractivity contribution in [3.8, 4) is 0 Å². The van der Waals surface area contributed by atoms with Crippen LogP contribution in [0.5, 0.6) is 0 Å². The molecular formula is C14H20N2O. The Hall–Kier alpha value is -1.35. The Morgan fingerprint density at radius 1 is 1.24 bits per heavy atom. The summed E-state index contributed by atoms with van der Waals surface area (Å²) in [6.07, 6.45) is 0. The summed E-state index contributed by atoms with van der Waals surface area (Å²) in [5, 5.41) is 3.14. The number of carbonyl (C=O) groups excluding carboxylic acids is 1. The smallest absolute Gasteiger partial charge is 0.232 e. The van der Waals surface area contributed by atoms with Gasteiger partial charge in [-0.2, -0.15) is 0 Å². The fourth-order valence-corrected chi connectivity index (χ4v) is 2.55. The molecule has 1 amide bonds. The van der Waals surface area contributed by atoms with Crippen molar-refractivity contribution < 1.29 is 4.79 Å². The Labute approximate surface area is 103 Å². The molecule has 1 aliphatic heterocycles. The first-order valence-corrected chi connectivity index (χ1v) is 6.07. The Kier molecular flexibility index (Phi) is 3.20. The summed E-state index contributed by atoms with van der Waals surface area (Å²) in [4.78, 5) is 14.0. The normalized spacial score (nSPS) is 15.5. The van der Waals surface area contributed by atoms with Crippen molar-refractivity contribution in [2.45, 2.75) is 20.8 Å². The van der Waals surface area contributed by atoms with Gasteiger partial charge >= 0.3 is 0 Å². The number of carbonyl (C=O) groups is 1. The first kappa shape index (κ1) is 12.1. The van der Waals surface area contributed by atoms with Crippen molar-refractivity contribution >= 4 is 11.6 Å². The first-order valence-electron chi connectivity index (χ1n) is 6.07. The van der Waals surface area contributed by atoms with Gasteiger partial charge in [0.2, 0.25) is 5.91 Å². The minimum Gasteiger partial charge on any atom is -0.315 e. The fourth-order valence-electron chi connectivity index (χ4n) is 2.55. The van der Waals surface area contributed by atoms with E-state index < -0.39 is 0 Å². The number of hydrogen-bond acceptors (Lipinski definition) is 2. The number of benzene rings is 1. The van der Waals surface area contributed by atoms with Gasteiger partial charge in [-0.3, -0.25) is 4.79 Å². The van der Waals surface area contributed by atoms with Crippen LogP contribution in [0.1, 0.15) is 16.7 Å². The molecule has 1 fully saturated rings. The third kappa shape index (κ3) is 2.20. The molecule has 92 valence electrons. The van der Waals surface area contributed by atoms with Crippen molar-refractivity contribution in [2.24, 2.45) is 5.92 Å². The summed E-state index contributed by atoms with van der Waals surface area (Å²) in [5.41, 5.74) is 4.65. The lowest BCUT2D eigenvalue weighted by Gasteiger charge is -2.31. The molecule has 2 rings (SSSR count). The second kappa shape index (κ2) is 4.49. The van der Waals surface area contributed by atoms with E-state index in [1.165, 1.54) is 16.7 Å². The number of rotatable bonds is 2. The van der Waals surface area contributed by atoms with E-state index in [-0.39, 0.29) is 11.8 Å². The minimum absolute atomic E-state index is 0.153. The molecule has 0 radical (unpaired) electrons. The molecule has 1 N–H and O–H groups in total. The van der Waals surface area contributed by atoms with Gasteiger partial charge in [0, 0.05) is 25.8 Å². The summed E-state index contributed by atoms with van der Waals surface area (Å²) >= 11 is 0. The third-order valence-electron chi connectivity index (χ3n) is 3.43. The van der Waals surface area contributed by atoms with Crippen LogP contribution in [0.3, 0.4) is 0 Å². The van der Waals surface area contributed by atoms with E-state index in [1.807, 2.05) is 11.9 Å². The zero-order valence-electron chi connectivity index (χ0n) is 11.0. The molecule has 1 saturated heterocycles. The Balaban J connectivity index is 2.29. The molecule has 0 atom stereocenters. The molecule has 0 aromatic heterocycles. The number of nitrogens with zero attached hydrogens (tertiary/aromatic N) is 1. The van der Waals surface area contributed by atoms with Gasteiger partial charge < -0.3 is 10.2 Å². The van der Waals surface area contributed by atoms with E-state index in [9.17, 15) is 4.79 Å². The standard InChI is InChI=1S/C14H20N2O/c1-9-5-10(2)13(11(3)6-9)16(4)14(17)12-7-15-8-12/h5-6,12,15H,7-8H2,1-4H3. The maximum absolute atomic E-state index is 12.2. The molecule has 1 aliphatic rings. The molecule has 1 aromatic carbocycles. The summed E-state index contributed by atoms with van der Waals surface area (Å²) in [6.45, 7) is 7.85. The van der Waals surface area contributed by atoms with Gasteiger partial charge in [0.15, 0.2) is 0 Å². The Morgan fingerprint density at radius 2 is 1.76 bits per heavy atom. The van der Waals surface area contributed by atoms with E-state index >= 15 is 0 Å². The van der Waals surface area contributed by atoms with Crippen LogP contribution in [0.4, 0.5) is 5.69 Å². The molecule has 0 bridgehead atoms. The van der Waals surface area contributed by atoms with Crippen LogP contribution < -0.4 is 10.2 Å². The van der Waals surface area contributed by atoms with Crippen molar-refractivity contribution in [3.63, 3.8) is 0 Å². The van der Waals surface area contributed by atoms with Crippen molar-refractivity contribution in [2.75, 3.05) is 25.0 Å². The fraction of sp³-hybridized carbons (Fsp3) is 0.500. The van der Waals surface area contributed by atoms with Gasteiger partial charge in [0.1, 0.15) is 0 Å². The zero-order valence-corrected chi connectivity index (χ0v) is 11.0. The number of nitrogens with one attached hydrogen (secondary N) is 1. The van der Waals surface area contributed by atoms with Crippen LogP contribution in [0.15, 0.2) is 12.1 Å². The highest BCUT2D eigenvalue weighted by atomic mass is 16.2. The van der Waals surface area contributed by atoms with E-state index in [2.05, 4.69) is 38.2 Å². The number of anilines is 1. The molecule has 3 nitrogen and oxygen atoms in total. The maximum atomic E-state index is 12.2. The zero-order chi connectivity index (χ0) is 12.6. The predicted molar refractivity (Wildman–Crippen MR) is 70.4 cm³/mol. The number of hydrogen-bond donors (Lipinski definition) is 1. The van der Waals surface area contributed by atoms with Gasteiger partial charge in [0.05, 0.1) is 5.92 Å². The lowest BCUT2D eigenvalue weighted by Crippen LogP contribution is -2.51.